The number of carbonyl (C=O) groups is 1. The smallest absolute Gasteiger partial charge is 0.241 e. The number of imidazole rings is 1. The Hall–Kier alpha value is -3.12. The van der Waals surface area contributed by atoms with E-state index in [1.54, 1.807) is 13.4 Å². The number of carbonyl (C=O) groups excluding carboxylic acids is 1. The molecular weight excluding hydrogens is 352 g/mol. The second kappa shape index (κ2) is 8.27. The van der Waals surface area contributed by atoms with E-state index in [4.69, 9.17) is 4.74 Å². The molecule has 0 bridgehead atoms. The monoisotopic (exact) mass is 376 g/mol. The lowest BCUT2D eigenvalue weighted by Gasteiger charge is -2.23. The largest absolute Gasteiger partial charge is 0.497 e. The Morgan fingerprint density at radius 3 is 2.86 bits per heavy atom. The highest BCUT2D eigenvalue weighted by Gasteiger charge is 2.30. The van der Waals surface area contributed by atoms with Crippen LogP contribution in [0.5, 0.6) is 5.75 Å². The Bertz CT molecular complexity index is 922. The summed E-state index contributed by atoms with van der Waals surface area (Å²) in [6.07, 6.45) is 5.39. The van der Waals surface area contributed by atoms with Crippen LogP contribution in [0.4, 0.5) is 5.69 Å². The lowest BCUT2D eigenvalue weighted by atomic mass is 10.1. The van der Waals surface area contributed by atoms with Crippen molar-refractivity contribution in [2.75, 3.05) is 19.0 Å². The van der Waals surface area contributed by atoms with Crippen LogP contribution in [0.1, 0.15) is 18.5 Å². The van der Waals surface area contributed by atoms with Gasteiger partial charge in [-0.3, -0.25) is 9.69 Å². The number of nitrogens with zero attached hydrogens (tertiary/aromatic N) is 2. The predicted molar refractivity (Wildman–Crippen MR) is 109 cm³/mol. The molecule has 0 spiro atoms. The number of benzene rings is 2. The van der Waals surface area contributed by atoms with E-state index in [9.17, 15) is 4.79 Å². The lowest BCUT2D eigenvalue weighted by molar-refractivity contribution is -0.120. The fourth-order valence-electron chi connectivity index (χ4n) is 3.68. The molecule has 28 heavy (non-hydrogen) atoms. The number of aromatic amines is 1. The third-order valence-electron chi connectivity index (χ3n) is 5.15. The Morgan fingerprint density at radius 2 is 2.11 bits per heavy atom. The molecule has 2 heterocycles. The van der Waals surface area contributed by atoms with E-state index >= 15 is 0 Å². The molecule has 1 saturated heterocycles. The van der Waals surface area contributed by atoms with Gasteiger partial charge in [0.25, 0.3) is 0 Å². The molecule has 1 atom stereocenters. The van der Waals surface area contributed by atoms with Gasteiger partial charge in [-0.2, -0.15) is 0 Å². The van der Waals surface area contributed by atoms with Crippen LogP contribution in [-0.2, 0) is 11.3 Å². The van der Waals surface area contributed by atoms with Gasteiger partial charge in [0.15, 0.2) is 0 Å². The van der Waals surface area contributed by atoms with Crippen molar-refractivity contribution in [2.24, 2.45) is 0 Å². The Morgan fingerprint density at radius 1 is 1.25 bits per heavy atom. The van der Waals surface area contributed by atoms with Gasteiger partial charge in [-0.25, -0.2) is 4.98 Å². The van der Waals surface area contributed by atoms with Gasteiger partial charge in [0, 0.05) is 24.1 Å². The second-order valence-corrected chi connectivity index (χ2v) is 7.00. The van der Waals surface area contributed by atoms with Crippen LogP contribution in [0.3, 0.4) is 0 Å². The first kappa shape index (κ1) is 18.3. The maximum atomic E-state index is 12.8. The highest BCUT2D eigenvalue weighted by Crippen LogP contribution is 2.26. The second-order valence-electron chi connectivity index (χ2n) is 7.00. The van der Waals surface area contributed by atoms with Crippen molar-refractivity contribution >= 4 is 11.6 Å². The first-order valence-electron chi connectivity index (χ1n) is 9.49. The third-order valence-corrected chi connectivity index (χ3v) is 5.15. The molecule has 0 saturated carbocycles. The first-order chi connectivity index (χ1) is 13.7. The average Bonchev–Trinajstić information content (AvgIpc) is 3.41. The van der Waals surface area contributed by atoms with Crippen molar-refractivity contribution in [3.05, 3.63) is 66.7 Å². The van der Waals surface area contributed by atoms with Crippen molar-refractivity contribution in [2.45, 2.75) is 25.4 Å². The summed E-state index contributed by atoms with van der Waals surface area (Å²) in [5.41, 5.74) is 4.00. The number of nitrogens with one attached hydrogen (secondary N) is 2. The first-order valence-corrected chi connectivity index (χ1v) is 9.49. The van der Waals surface area contributed by atoms with E-state index in [0.717, 1.165) is 47.6 Å². The summed E-state index contributed by atoms with van der Waals surface area (Å²) in [6.45, 7) is 1.64. The van der Waals surface area contributed by atoms with Crippen LogP contribution in [0.2, 0.25) is 0 Å². The van der Waals surface area contributed by atoms with Crippen LogP contribution in [0.25, 0.3) is 11.1 Å². The summed E-state index contributed by atoms with van der Waals surface area (Å²) in [6, 6.07) is 15.8. The molecule has 1 fully saturated rings. The minimum Gasteiger partial charge on any atom is -0.497 e. The molecule has 2 aromatic carbocycles. The zero-order valence-corrected chi connectivity index (χ0v) is 15.9. The molecule has 1 unspecified atom stereocenters. The Kier molecular flexibility index (Phi) is 5.39. The number of likely N-dealkylation sites (tertiary alicyclic amines) is 1. The molecule has 6 nitrogen and oxygen atoms in total. The van der Waals surface area contributed by atoms with Gasteiger partial charge >= 0.3 is 0 Å². The van der Waals surface area contributed by atoms with Gasteiger partial charge in [-0.15, -0.1) is 0 Å². The molecule has 1 aliphatic rings. The van der Waals surface area contributed by atoms with Gasteiger partial charge in [-0.05, 0) is 54.8 Å². The van der Waals surface area contributed by atoms with E-state index in [2.05, 4.69) is 20.2 Å². The zero-order valence-electron chi connectivity index (χ0n) is 15.9. The van der Waals surface area contributed by atoms with Gasteiger partial charge < -0.3 is 15.0 Å². The van der Waals surface area contributed by atoms with Crippen LogP contribution in [0.15, 0.2) is 61.1 Å². The highest BCUT2D eigenvalue weighted by atomic mass is 16.5. The molecule has 144 valence electrons. The Balaban J connectivity index is 1.41. The number of ether oxygens (including phenoxy) is 1. The number of methoxy groups -OCH3 is 1. The van der Waals surface area contributed by atoms with Gasteiger partial charge in [0.05, 0.1) is 19.5 Å². The van der Waals surface area contributed by atoms with E-state index < -0.39 is 0 Å². The normalized spacial score (nSPS) is 16.8. The summed E-state index contributed by atoms with van der Waals surface area (Å²) in [4.78, 5) is 22.2. The molecule has 1 amide bonds. The Labute approximate surface area is 164 Å². The molecule has 6 heteroatoms. The molecule has 2 N–H and O–H groups in total. The number of anilines is 1. The van der Waals surface area contributed by atoms with Crippen LogP contribution in [-0.4, -0.2) is 40.5 Å². The summed E-state index contributed by atoms with van der Waals surface area (Å²) in [5, 5.41) is 3.06. The SMILES string of the molecule is COc1cccc(-c2ccc(NC(=O)C3CCCN3Cc3cnc[nH]3)cc2)c1. The summed E-state index contributed by atoms with van der Waals surface area (Å²) in [7, 11) is 1.66. The van der Waals surface area contributed by atoms with Crippen LogP contribution in [0, 0.1) is 0 Å². The third kappa shape index (κ3) is 4.07. The molecule has 0 radical (unpaired) electrons. The topological polar surface area (TPSA) is 70.2 Å². The molecule has 1 aromatic heterocycles. The predicted octanol–water partition coefficient (Wildman–Crippen LogP) is 3.69. The van der Waals surface area contributed by atoms with Crippen molar-refractivity contribution in [3.8, 4) is 16.9 Å². The van der Waals surface area contributed by atoms with Crippen LogP contribution < -0.4 is 10.1 Å². The summed E-state index contributed by atoms with van der Waals surface area (Å²) in [5.74, 6) is 0.875. The summed E-state index contributed by atoms with van der Waals surface area (Å²) >= 11 is 0. The van der Waals surface area contributed by atoms with Crippen molar-refractivity contribution in [1.82, 2.24) is 14.9 Å². The minimum atomic E-state index is -0.110. The van der Waals surface area contributed by atoms with E-state index in [0.29, 0.717) is 6.54 Å². The van der Waals surface area contributed by atoms with Gasteiger partial charge in [0.1, 0.15) is 5.75 Å². The van der Waals surface area contributed by atoms with Crippen molar-refractivity contribution < 1.29 is 9.53 Å². The lowest BCUT2D eigenvalue weighted by Crippen LogP contribution is -2.39. The number of rotatable bonds is 6. The van der Waals surface area contributed by atoms with E-state index in [1.807, 2.05) is 54.7 Å². The fraction of sp³-hybridized carbons (Fsp3) is 0.273. The number of H-pyrrole nitrogens is 1. The van der Waals surface area contributed by atoms with E-state index in [-0.39, 0.29) is 11.9 Å². The fourth-order valence-corrected chi connectivity index (χ4v) is 3.68. The number of aromatic nitrogens is 2. The maximum Gasteiger partial charge on any atom is 0.241 e. The van der Waals surface area contributed by atoms with E-state index in [1.165, 1.54) is 0 Å². The number of amides is 1. The highest BCUT2D eigenvalue weighted by molar-refractivity contribution is 5.95. The van der Waals surface area contributed by atoms with Crippen molar-refractivity contribution in [3.63, 3.8) is 0 Å². The van der Waals surface area contributed by atoms with Gasteiger partial charge in [0.2, 0.25) is 5.91 Å². The maximum absolute atomic E-state index is 12.8. The van der Waals surface area contributed by atoms with Gasteiger partial charge in [-0.1, -0.05) is 24.3 Å². The molecule has 0 aliphatic carbocycles. The summed E-state index contributed by atoms with van der Waals surface area (Å²) < 4.78 is 5.29. The number of hydrogen-bond donors (Lipinski definition) is 2. The molecule has 1 aliphatic heterocycles. The molecular formula is C22H24N4O2. The van der Waals surface area contributed by atoms with Crippen molar-refractivity contribution in [1.29, 1.82) is 0 Å². The molecule has 3 aromatic rings. The standard InChI is InChI=1S/C22H24N4O2/c1-28-20-5-2-4-17(12-20)16-7-9-18(10-8-16)25-22(27)21-6-3-11-26(21)14-19-13-23-15-24-19/h2,4-5,7-10,12-13,15,21H,3,6,11,14H2,1H3,(H,23,24)(H,25,27). The zero-order chi connectivity index (χ0) is 19.3. The minimum absolute atomic E-state index is 0.0474. The van der Waals surface area contributed by atoms with Crippen LogP contribution >= 0.6 is 0 Å². The average molecular weight is 376 g/mol. The quantitative estimate of drug-likeness (QED) is 0.688. The molecule has 4 rings (SSSR count). The number of hydrogen-bond acceptors (Lipinski definition) is 4.